The molecule has 0 bridgehead atoms. The highest BCUT2D eigenvalue weighted by Crippen LogP contribution is 2.20. The summed E-state index contributed by atoms with van der Waals surface area (Å²) in [6, 6.07) is 14.2. The number of carbonyl (C=O) groups is 1. The average Bonchev–Trinajstić information content (AvgIpc) is 2.53. The summed E-state index contributed by atoms with van der Waals surface area (Å²) in [6.45, 7) is 6.11. The Morgan fingerprint density at radius 1 is 1.13 bits per heavy atom. The van der Waals surface area contributed by atoms with E-state index in [9.17, 15) is 4.79 Å². The van der Waals surface area contributed by atoms with Gasteiger partial charge in [-0.2, -0.15) is 0 Å². The molecule has 0 radical (unpaired) electrons. The van der Waals surface area contributed by atoms with Crippen LogP contribution in [0.25, 0.3) is 0 Å². The van der Waals surface area contributed by atoms with Crippen LogP contribution in [0.2, 0.25) is 0 Å². The van der Waals surface area contributed by atoms with Gasteiger partial charge in [0.15, 0.2) is 0 Å². The summed E-state index contributed by atoms with van der Waals surface area (Å²) in [6.07, 6.45) is 1.22. The van der Waals surface area contributed by atoms with Gasteiger partial charge in [0, 0.05) is 6.42 Å². The third-order valence-corrected chi connectivity index (χ3v) is 4.13. The quantitative estimate of drug-likeness (QED) is 0.871. The van der Waals surface area contributed by atoms with Crippen LogP contribution in [0.5, 0.6) is 5.75 Å². The summed E-state index contributed by atoms with van der Waals surface area (Å²) in [4.78, 5) is 12.2. The number of benzene rings is 2. The molecule has 2 aromatic carbocycles. The van der Waals surface area contributed by atoms with E-state index in [1.54, 1.807) is 7.11 Å². The number of methoxy groups -OCH3 is 1. The number of aryl methyl sites for hydroxylation is 3. The maximum atomic E-state index is 12.2. The molecule has 0 saturated carbocycles. The molecular weight excluding hydrogens is 286 g/mol. The van der Waals surface area contributed by atoms with E-state index in [1.165, 1.54) is 11.1 Å². The van der Waals surface area contributed by atoms with E-state index in [2.05, 4.69) is 30.4 Å². The first-order valence-electron chi connectivity index (χ1n) is 7.99. The summed E-state index contributed by atoms with van der Waals surface area (Å²) in [5.41, 5.74) is 4.62. The lowest BCUT2D eigenvalue weighted by Crippen LogP contribution is -2.27. The maximum Gasteiger partial charge on any atom is 0.220 e. The van der Waals surface area contributed by atoms with Crippen molar-refractivity contribution in [2.75, 3.05) is 7.11 Å². The standard InChI is InChI=1S/C20H25NO2/c1-14-7-5-6-8-18(14)16(3)21-20(22)12-10-17-9-11-19(23-4)15(2)13-17/h5-9,11,13,16H,10,12H2,1-4H3,(H,21,22)/t16-/m1/s1. The van der Waals surface area contributed by atoms with E-state index in [4.69, 9.17) is 4.74 Å². The average molecular weight is 311 g/mol. The Kier molecular flexibility index (Phi) is 5.80. The Morgan fingerprint density at radius 3 is 2.52 bits per heavy atom. The molecule has 0 fully saturated rings. The number of rotatable bonds is 6. The fraction of sp³-hybridized carbons (Fsp3) is 0.350. The van der Waals surface area contributed by atoms with Crippen LogP contribution in [0.3, 0.4) is 0 Å². The third kappa shape index (κ3) is 4.59. The van der Waals surface area contributed by atoms with E-state index in [1.807, 2.05) is 38.1 Å². The minimum absolute atomic E-state index is 0.0290. The number of nitrogens with one attached hydrogen (secondary N) is 1. The Bertz CT molecular complexity index is 679. The third-order valence-electron chi connectivity index (χ3n) is 4.13. The molecule has 0 saturated heterocycles. The molecule has 0 unspecified atom stereocenters. The van der Waals surface area contributed by atoms with Crippen LogP contribution in [0.15, 0.2) is 42.5 Å². The van der Waals surface area contributed by atoms with Crippen molar-refractivity contribution in [1.82, 2.24) is 5.32 Å². The van der Waals surface area contributed by atoms with Crippen LogP contribution in [-0.4, -0.2) is 13.0 Å². The summed E-state index contributed by atoms with van der Waals surface area (Å²) in [5, 5.41) is 3.08. The highest BCUT2D eigenvalue weighted by atomic mass is 16.5. The van der Waals surface area contributed by atoms with Crippen LogP contribution in [-0.2, 0) is 11.2 Å². The Hall–Kier alpha value is -2.29. The van der Waals surface area contributed by atoms with E-state index in [0.717, 1.165) is 23.3 Å². The van der Waals surface area contributed by atoms with Crippen molar-refractivity contribution in [3.8, 4) is 5.75 Å². The molecule has 0 aromatic heterocycles. The molecule has 1 amide bonds. The van der Waals surface area contributed by atoms with Gasteiger partial charge in [-0.1, -0.05) is 36.4 Å². The van der Waals surface area contributed by atoms with Gasteiger partial charge >= 0.3 is 0 Å². The van der Waals surface area contributed by atoms with Gasteiger partial charge in [0.05, 0.1) is 13.2 Å². The second kappa shape index (κ2) is 7.82. The minimum Gasteiger partial charge on any atom is -0.496 e. The van der Waals surface area contributed by atoms with Gasteiger partial charge < -0.3 is 10.1 Å². The fourth-order valence-corrected chi connectivity index (χ4v) is 2.82. The second-order valence-electron chi connectivity index (χ2n) is 5.95. The first kappa shape index (κ1) is 17.1. The van der Waals surface area contributed by atoms with Crippen molar-refractivity contribution in [2.45, 2.75) is 39.7 Å². The van der Waals surface area contributed by atoms with Crippen molar-refractivity contribution in [2.24, 2.45) is 0 Å². The summed E-state index contributed by atoms with van der Waals surface area (Å²) in [5.74, 6) is 0.959. The number of ether oxygens (including phenoxy) is 1. The first-order valence-corrected chi connectivity index (χ1v) is 7.99. The number of amides is 1. The number of hydrogen-bond acceptors (Lipinski definition) is 2. The van der Waals surface area contributed by atoms with Gasteiger partial charge in [-0.15, -0.1) is 0 Å². The largest absolute Gasteiger partial charge is 0.496 e. The lowest BCUT2D eigenvalue weighted by Gasteiger charge is -2.16. The molecule has 0 aliphatic heterocycles. The van der Waals surface area contributed by atoms with E-state index < -0.39 is 0 Å². The normalized spacial score (nSPS) is 11.8. The monoisotopic (exact) mass is 311 g/mol. The van der Waals surface area contributed by atoms with E-state index >= 15 is 0 Å². The summed E-state index contributed by atoms with van der Waals surface area (Å²) < 4.78 is 5.26. The second-order valence-corrected chi connectivity index (χ2v) is 5.95. The topological polar surface area (TPSA) is 38.3 Å². The van der Waals surface area contributed by atoms with Crippen LogP contribution in [0, 0.1) is 13.8 Å². The zero-order valence-corrected chi connectivity index (χ0v) is 14.3. The molecule has 1 N–H and O–H groups in total. The van der Waals surface area contributed by atoms with Gasteiger partial charge in [-0.25, -0.2) is 0 Å². The molecule has 122 valence electrons. The predicted octanol–water partition coefficient (Wildman–Crippen LogP) is 4.12. The minimum atomic E-state index is 0.0290. The van der Waals surface area contributed by atoms with E-state index in [-0.39, 0.29) is 11.9 Å². The number of hydrogen-bond donors (Lipinski definition) is 1. The van der Waals surface area contributed by atoms with Crippen LogP contribution < -0.4 is 10.1 Å². The Morgan fingerprint density at radius 2 is 1.87 bits per heavy atom. The molecule has 3 heteroatoms. The first-order chi connectivity index (χ1) is 11.0. The van der Waals surface area contributed by atoms with Gasteiger partial charge in [0.2, 0.25) is 5.91 Å². The summed E-state index contributed by atoms with van der Waals surface area (Å²) >= 11 is 0. The molecule has 0 heterocycles. The van der Waals surface area contributed by atoms with Crippen molar-refractivity contribution >= 4 is 5.91 Å². The van der Waals surface area contributed by atoms with Crippen molar-refractivity contribution in [3.63, 3.8) is 0 Å². The molecule has 3 nitrogen and oxygen atoms in total. The highest BCUT2D eigenvalue weighted by molar-refractivity contribution is 5.76. The van der Waals surface area contributed by atoms with Crippen molar-refractivity contribution < 1.29 is 9.53 Å². The Labute approximate surface area is 138 Å². The van der Waals surface area contributed by atoms with Crippen LogP contribution in [0.4, 0.5) is 0 Å². The Balaban J connectivity index is 1.90. The van der Waals surface area contributed by atoms with Crippen molar-refractivity contribution in [3.05, 3.63) is 64.7 Å². The van der Waals surface area contributed by atoms with Gasteiger partial charge in [0.1, 0.15) is 5.75 Å². The molecule has 0 aliphatic rings. The predicted molar refractivity (Wildman–Crippen MR) is 93.8 cm³/mol. The molecular formula is C20H25NO2. The number of carbonyl (C=O) groups excluding carboxylic acids is 1. The summed E-state index contributed by atoms with van der Waals surface area (Å²) in [7, 11) is 1.67. The molecule has 1 atom stereocenters. The van der Waals surface area contributed by atoms with Crippen LogP contribution >= 0.6 is 0 Å². The zero-order chi connectivity index (χ0) is 16.8. The SMILES string of the molecule is COc1ccc(CCC(=O)N[C@H](C)c2ccccc2C)cc1C. The zero-order valence-electron chi connectivity index (χ0n) is 14.3. The molecule has 0 spiro atoms. The van der Waals surface area contributed by atoms with Crippen molar-refractivity contribution in [1.29, 1.82) is 0 Å². The maximum absolute atomic E-state index is 12.2. The molecule has 2 aromatic rings. The van der Waals surface area contributed by atoms with Gasteiger partial charge in [0.25, 0.3) is 0 Å². The highest BCUT2D eigenvalue weighted by Gasteiger charge is 2.11. The van der Waals surface area contributed by atoms with Gasteiger partial charge in [-0.3, -0.25) is 4.79 Å². The molecule has 0 aliphatic carbocycles. The fourth-order valence-electron chi connectivity index (χ4n) is 2.82. The smallest absolute Gasteiger partial charge is 0.220 e. The molecule has 23 heavy (non-hydrogen) atoms. The van der Waals surface area contributed by atoms with Crippen LogP contribution in [0.1, 0.15) is 41.6 Å². The van der Waals surface area contributed by atoms with E-state index in [0.29, 0.717) is 6.42 Å². The lowest BCUT2D eigenvalue weighted by atomic mass is 10.0. The lowest BCUT2D eigenvalue weighted by molar-refractivity contribution is -0.121. The van der Waals surface area contributed by atoms with Gasteiger partial charge in [-0.05, 0) is 55.5 Å². The molecule has 2 rings (SSSR count).